The van der Waals surface area contributed by atoms with Crippen LogP contribution >= 0.6 is 0 Å². The number of hydrogen-bond acceptors (Lipinski definition) is 2. The molecule has 128 valence electrons. The first kappa shape index (κ1) is 16.8. The molecule has 3 rings (SSSR count). The molecule has 0 saturated heterocycles. The molecular weight excluding hydrogens is 284 g/mol. The van der Waals surface area contributed by atoms with Gasteiger partial charge in [0.15, 0.2) is 0 Å². The summed E-state index contributed by atoms with van der Waals surface area (Å²) in [6.45, 7) is 9.39. The molecule has 2 aliphatic rings. The first-order valence-corrected chi connectivity index (χ1v) is 9.25. The van der Waals surface area contributed by atoms with Crippen molar-refractivity contribution in [1.82, 2.24) is 0 Å². The second kappa shape index (κ2) is 6.12. The Morgan fingerprint density at radius 1 is 1.35 bits per heavy atom. The van der Waals surface area contributed by atoms with Gasteiger partial charge in [-0.1, -0.05) is 32.4 Å². The Hall–Kier alpha value is -1.02. The van der Waals surface area contributed by atoms with Crippen LogP contribution in [0.2, 0.25) is 0 Å². The Bertz CT molecular complexity index is 558. The predicted octanol–water partition coefficient (Wildman–Crippen LogP) is 5.37. The first-order chi connectivity index (χ1) is 10.9. The van der Waals surface area contributed by atoms with E-state index >= 15 is 0 Å². The fourth-order valence-electron chi connectivity index (χ4n) is 5.49. The second-order valence-corrected chi connectivity index (χ2v) is 8.44. The molecule has 0 bridgehead atoms. The third-order valence-electron chi connectivity index (χ3n) is 7.43. The van der Waals surface area contributed by atoms with Crippen LogP contribution in [-0.2, 0) is 6.42 Å². The van der Waals surface area contributed by atoms with Crippen LogP contribution in [0.5, 0.6) is 0 Å². The number of rotatable bonds is 4. The van der Waals surface area contributed by atoms with E-state index in [1.165, 1.54) is 36.8 Å². The highest BCUT2D eigenvalue weighted by Gasteiger charge is 2.56. The Morgan fingerprint density at radius 3 is 2.83 bits per heavy atom. The predicted molar refractivity (Wildman–Crippen MR) is 94.1 cm³/mol. The summed E-state index contributed by atoms with van der Waals surface area (Å²) >= 11 is 0. The lowest BCUT2D eigenvalue weighted by Gasteiger charge is -2.60. The average molecular weight is 316 g/mol. The van der Waals surface area contributed by atoms with Crippen molar-refractivity contribution in [2.75, 3.05) is 0 Å². The third kappa shape index (κ3) is 2.69. The van der Waals surface area contributed by atoms with E-state index in [0.717, 1.165) is 12.8 Å². The fourth-order valence-corrected chi connectivity index (χ4v) is 5.49. The average Bonchev–Trinajstić information content (AvgIpc) is 3.01. The van der Waals surface area contributed by atoms with E-state index < -0.39 is 0 Å². The van der Waals surface area contributed by atoms with Crippen molar-refractivity contribution in [1.29, 1.82) is 0 Å². The van der Waals surface area contributed by atoms with Gasteiger partial charge in [0.2, 0.25) is 0 Å². The van der Waals surface area contributed by atoms with Crippen LogP contribution in [0.15, 0.2) is 34.7 Å². The Labute approximate surface area is 141 Å². The minimum atomic E-state index is -0.194. The van der Waals surface area contributed by atoms with Gasteiger partial charge in [-0.3, -0.25) is 0 Å². The van der Waals surface area contributed by atoms with Gasteiger partial charge in [0.1, 0.15) is 0 Å². The standard InChI is InChI=1S/C21H32O2/c1-15-7-5-9-18-20(3,11-6-8-17-10-12-23-14-17)16(2)13-19(22)21(15,18)4/h7,10,12,14,16,18-19,22H,5-6,8-9,11,13H2,1-4H3/t16-,18-,19+,20+,21+/m1/s1. The maximum Gasteiger partial charge on any atom is 0.0934 e. The lowest BCUT2D eigenvalue weighted by Crippen LogP contribution is -2.56. The van der Waals surface area contributed by atoms with Crippen LogP contribution in [0, 0.1) is 22.7 Å². The van der Waals surface area contributed by atoms with Crippen molar-refractivity contribution in [2.24, 2.45) is 22.7 Å². The molecule has 0 aromatic carbocycles. The van der Waals surface area contributed by atoms with Crippen LogP contribution in [-0.4, -0.2) is 11.2 Å². The third-order valence-corrected chi connectivity index (χ3v) is 7.43. The second-order valence-electron chi connectivity index (χ2n) is 8.44. The number of furan rings is 1. The van der Waals surface area contributed by atoms with Crippen LogP contribution in [0.3, 0.4) is 0 Å². The lowest BCUT2D eigenvalue weighted by atomic mass is 9.46. The van der Waals surface area contributed by atoms with Crippen molar-refractivity contribution in [3.05, 3.63) is 35.8 Å². The van der Waals surface area contributed by atoms with Crippen molar-refractivity contribution in [3.8, 4) is 0 Å². The number of aliphatic hydroxyl groups excluding tert-OH is 1. The van der Waals surface area contributed by atoms with E-state index in [-0.39, 0.29) is 11.5 Å². The minimum Gasteiger partial charge on any atom is -0.472 e. The molecule has 0 amide bonds. The highest BCUT2D eigenvalue weighted by atomic mass is 16.3. The molecule has 1 heterocycles. The molecule has 1 N–H and O–H groups in total. The molecule has 1 saturated carbocycles. The molecule has 2 aliphatic carbocycles. The van der Waals surface area contributed by atoms with Crippen molar-refractivity contribution < 1.29 is 9.52 Å². The van der Waals surface area contributed by atoms with Gasteiger partial charge in [0.05, 0.1) is 18.6 Å². The zero-order valence-electron chi connectivity index (χ0n) is 15.1. The van der Waals surface area contributed by atoms with Crippen molar-refractivity contribution >= 4 is 0 Å². The van der Waals surface area contributed by atoms with E-state index in [0.29, 0.717) is 17.3 Å². The molecule has 1 fully saturated rings. The zero-order chi connectivity index (χ0) is 16.7. The summed E-state index contributed by atoms with van der Waals surface area (Å²) in [5, 5.41) is 10.9. The summed E-state index contributed by atoms with van der Waals surface area (Å²) in [5.74, 6) is 1.16. The quantitative estimate of drug-likeness (QED) is 0.757. The summed E-state index contributed by atoms with van der Waals surface area (Å²) in [6.07, 6.45) is 12.7. The smallest absolute Gasteiger partial charge is 0.0934 e. The van der Waals surface area contributed by atoms with E-state index in [4.69, 9.17) is 4.42 Å². The van der Waals surface area contributed by atoms with Gasteiger partial charge in [-0.15, -0.1) is 0 Å². The largest absolute Gasteiger partial charge is 0.472 e. The highest BCUT2D eigenvalue weighted by molar-refractivity contribution is 5.23. The SMILES string of the molecule is CC1=CCC[C@@H]2[C@@](C)(CCCc3ccoc3)[C@H](C)C[C@H](O)[C@@]12C. The van der Waals surface area contributed by atoms with Gasteiger partial charge < -0.3 is 9.52 Å². The van der Waals surface area contributed by atoms with Crippen LogP contribution in [0.4, 0.5) is 0 Å². The van der Waals surface area contributed by atoms with E-state index in [9.17, 15) is 5.11 Å². The molecule has 2 nitrogen and oxygen atoms in total. The number of allylic oxidation sites excluding steroid dienone is 1. The van der Waals surface area contributed by atoms with E-state index in [2.05, 4.69) is 39.8 Å². The molecule has 23 heavy (non-hydrogen) atoms. The molecule has 5 atom stereocenters. The summed E-state index contributed by atoms with van der Waals surface area (Å²) in [7, 11) is 0. The fraction of sp³-hybridized carbons (Fsp3) is 0.714. The van der Waals surface area contributed by atoms with E-state index in [1.54, 1.807) is 6.26 Å². The molecule has 1 aromatic rings. The maximum absolute atomic E-state index is 10.9. The molecular formula is C21H32O2. The normalized spacial score (nSPS) is 40.6. The summed E-state index contributed by atoms with van der Waals surface area (Å²) in [4.78, 5) is 0. The number of aliphatic hydroxyl groups is 1. The molecule has 0 radical (unpaired) electrons. The number of fused-ring (bicyclic) bond motifs is 1. The maximum atomic E-state index is 10.9. The summed E-state index contributed by atoms with van der Waals surface area (Å²) in [6, 6.07) is 2.08. The van der Waals surface area contributed by atoms with Gasteiger partial charge in [0, 0.05) is 5.41 Å². The Balaban J connectivity index is 1.80. The van der Waals surface area contributed by atoms with Gasteiger partial charge in [-0.25, -0.2) is 0 Å². The molecule has 1 aromatic heterocycles. The van der Waals surface area contributed by atoms with Gasteiger partial charge >= 0.3 is 0 Å². The van der Waals surface area contributed by atoms with Crippen LogP contribution in [0.25, 0.3) is 0 Å². The van der Waals surface area contributed by atoms with Crippen molar-refractivity contribution in [2.45, 2.75) is 72.3 Å². The topological polar surface area (TPSA) is 33.4 Å². The Morgan fingerprint density at radius 2 is 2.13 bits per heavy atom. The monoisotopic (exact) mass is 316 g/mol. The summed E-state index contributed by atoms with van der Waals surface area (Å²) in [5.41, 5.74) is 3.00. The van der Waals surface area contributed by atoms with Crippen molar-refractivity contribution in [3.63, 3.8) is 0 Å². The van der Waals surface area contributed by atoms with Gasteiger partial charge in [0.25, 0.3) is 0 Å². The summed E-state index contributed by atoms with van der Waals surface area (Å²) < 4.78 is 5.19. The zero-order valence-corrected chi connectivity index (χ0v) is 15.1. The molecule has 0 unspecified atom stereocenters. The molecule has 2 heteroatoms. The molecule has 0 aliphatic heterocycles. The minimum absolute atomic E-state index is 0.0326. The van der Waals surface area contributed by atoms with Crippen LogP contribution in [0.1, 0.15) is 65.4 Å². The van der Waals surface area contributed by atoms with Gasteiger partial charge in [-0.2, -0.15) is 0 Å². The van der Waals surface area contributed by atoms with Gasteiger partial charge in [-0.05, 0) is 74.3 Å². The first-order valence-electron chi connectivity index (χ1n) is 9.25. The lowest BCUT2D eigenvalue weighted by molar-refractivity contribution is -0.124. The van der Waals surface area contributed by atoms with Crippen LogP contribution < -0.4 is 0 Å². The number of aryl methyl sites for hydroxylation is 1. The molecule has 0 spiro atoms. The van der Waals surface area contributed by atoms with E-state index in [1.807, 2.05) is 6.26 Å². The number of hydrogen-bond donors (Lipinski definition) is 1. The Kier molecular flexibility index (Phi) is 4.48. The highest BCUT2D eigenvalue weighted by Crippen LogP contribution is 2.61.